The zero-order chi connectivity index (χ0) is 28.5. The molecule has 10 heteroatoms. The molecule has 1 unspecified atom stereocenters. The SMILES string of the molecule is CCCCNC(=O)c1[nH]c2c(NC(=O)COc3ccccc3)cccc2c1-c1cccc(NC(=O)C(N)CO)c1. The zero-order valence-electron chi connectivity index (χ0n) is 22.2. The minimum absolute atomic E-state index is 0.184. The molecule has 4 rings (SSSR count). The van der Waals surface area contributed by atoms with Crippen LogP contribution in [0, 0.1) is 0 Å². The van der Waals surface area contributed by atoms with Gasteiger partial charge in [0.15, 0.2) is 6.61 Å². The fourth-order valence-corrected chi connectivity index (χ4v) is 4.18. The number of anilines is 2. The van der Waals surface area contributed by atoms with E-state index in [2.05, 4.69) is 20.9 Å². The maximum atomic E-state index is 13.3. The molecule has 10 nitrogen and oxygen atoms in total. The summed E-state index contributed by atoms with van der Waals surface area (Å²) in [4.78, 5) is 41.5. The van der Waals surface area contributed by atoms with E-state index < -0.39 is 18.6 Å². The molecular formula is C30H33N5O5. The second-order valence-electron chi connectivity index (χ2n) is 9.22. The van der Waals surface area contributed by atoms with Crippen LogP contribution in [0.15, 0.2) is 72.8 Å². The number of ether oxygens (including phenoxy) is 1. The quantitative estimate of drug-likeness (QED) is 0.150. The smallest absolute Gasteiger partial charge is 0.268 e. The fraction of sp³-hybridized carbons (Fsp3) is 0.233. The molecule has 208 valence electrons. The van der Waals surface area contributed by atoms with Crippen LogP contribution in [-0.4, -0.2) is 53.6 Å². The number of rotatable bonds is 12. The van der Waals surface area contributed by atoms with Gasteiger partial charge in [-0.25, -0.2) is 0 Å². The van der Waals surface area contributed by atoms with Crippen molar-refractivity contribution < 1.29 is 24.2 Å². The van der Waals surface area contributed by atoms with Crippen molar-refractivity contribution >= 4 is 40.0 Å². The van der Waals surface area contributed by atoms with Crippen molar-refractivity contribution in [3.8, 4) is 16.9 Å². The number of hydrogen-bond donors (Lipinski definition) is 6. The monoisotopic (exact) mass is 543 g/mol. The number of nitrogens with two attached hydrogens (primary N) is 1. The van der Waals surface area contributed by atoms with Crippen LogP contribution < -0.4 is 26.4 Å². The third-order valence-electron chi connectivity index (χ3n) is 6.22. The molecular weight excluding hydrogens is 510 g/mol. The van der Waals surface area contributed by atoms with Crippen LogP contribution in [0.2, 0.25) is 0 Å². The van der Waals surface area contributed by atoms with Crippen molar-refractivity contribution in [1.82, 2.24) is 10.3 Å². The van der Waals surface area contributed by atoms with Gasteiger partial charge in [0.2, 0.25) is 5.91 Å². The molecule has 0 radical (unpaired) electrons. The predicted octanol–water partition coefficient (Wildman–Crippen LogP) is 3.64. The highest BCUT2D eigenvalue weighted by atomic mass is 16.5. The van der Waals surface area contributed by atoms with Crippen molar-refractivity contribution in [1.29, 1.82) is 0 Å². The Bertz CT molecular complexity index is 1480. The summed E-state index contributed by atoms with van der Waals surface area (Å²) in [6.45, 7) is 1.89. The van der Waals surface area contributed by atoms with E-state index in [0.29, 0.717) is 51.4 Å². The summed E-state index contributed by atoms with van der Waals surface area (Å²) in [5.41, 5.74) is 8.77. The van der Waals surface area contributed by atoms with Crippen molar-refractivity contribution in [2.75, 3.05) is 30.4 Å². The van der Waals surface area contributed by atoms with E-state index >= 15 is 0 Å². The van der Waals surface area contributed by atoms with Crippen LogP contribution in [-0.2, 0) is 9.59 Å². The van der Waals surface area contributed by atoms with E-state index in [1.807, 2.05) is 37.3 Å². The third kappa shape index (κ3) is 6.85. The molecule has 0 aliphatic rings. The molecule has 3 aromatic carbocycles. The number of aromatic nitrogens is 1. The lowest BCUT2D eigenvalue weighted by Crippen LogP contribution is -2.38. The van der Waals surface area contributed by atoms with Crippen LogP contribution in [0.3, 0.4) is 0 Å². The summed E-state index contributed by atoms with van der Waals surface area (Å²) in [5.74, 6) is -0.595. The number of carbonyl (C=O) groups excluding carboxylic acids is 3. The van der Waals surface area contributed by atoms with Gasteiger partial charge < -0.3 is 36.5 Å². The molecule has 7 N–H and O–H groups in total. The molecule has 1 heterocycles. The third-order valence-corrected chi connectivity index (χ3v) is 6.22. The molecule has 1 atom stereocenters. The predicted molar refractivity (Wildman–Crippen MR) is 155 cm³/mol. The van der Waals surface area contributed by atoms with E-state index in [4.69, 9.17) is 10.5 Å². The molecule has 0 fully saturated rings. The Hall–Kier alpha value is -4.67. The van der Waals surface area contributed by atoms with E-state index in [1.165, 1.54) is 0 Å². The summed E-state index contributed by atoms with van der Waals surface area (Å²) >= 11 is 0. The Morgan fingerprint density at radius 1 is 1.00 bits per heavy atom. The lowest BCUT2D eigenvalue weighted by atomic mass is 10.00. The number of H-pyrrole nitrogens is 1. The van der Waals surface area contributed by atoms with Crippen LogP contribution in [0.25, 0.3) is 22.0 Å². The summed E-state index contributed by atoms with van der Waals surface area (Å²) in [7, 11) is 0. The molecule has 0 saturated carbocycles. The normalized spacial score (nSPS) is 11.6. The van der Waals surface area contributed by atoms with Crippen LogP contribution in [0.1, 0.15) is 30.3 Å². The van der Waals surface area contributed by atoms with Gasteiger partial charge in [-0.2, -0.15) is 0 Å². The summed E-state index contributed by atoms with van der Waals surface area (Å²) in [6.07, 6.45) is 1.76. The van der Waals surface area contributed by atoms with Crippen LogP contribution >= 0.6 is 0 Å². The maximum absolute atomic E-state index is 13.3. The highest BCUT2D eigenvalue weighted by Crippen LogP contribution is 2.36. The van der Waals surface area contributed by atoms with Gasteiger partial charge >= 0.3 is 0 Å². The maximum Gasteiger partial charge on any atom is 0.268 e. The fourth-order valence-electron chi connectivity index (χ4n) is 4.18. The van der Waals surface area contributed by atoms with E-state index in [-0.39, 0.29) is 18.4 Å². The number of unbranched alkanes of at least 4 members (excludes halogenated alkanes) is 1. The first kappa shape index (κ1) is 28.3. The van der Waals surface area contributed by atoms with Gasteiger partial charge in [-0.05, 0) is 42.3 Å². The molecule has 40 heavy (non-hydrogen) atoms. The van der Waals surface area contributed by atoms with Gasteiger partial charge in [-0.3, -0.25) is 14.4 Å². The van der Waals surface area contributed by atoms with Crippen molar-refractivity contribution in [2.24, 2.45) is 5.73 Å². The Labute approximate surface area is 231 Å². The largest absolute Gasteiger partial charge is 0.484 e. The van der Waals surface area contributed by atoms with E-state index in [1.54, 1.807) is 42.5 Å². The average Bonchev–Trinajstić information content (AvgIpc) is 3.37. The van der Waals surface area contributed by atoms with Gasteiger partial charge in [0.25, 0.3) is 11.8 Å². The number of carbonyl (C=O) groups is 3. The number of fused-ring (bicyclic) bond motifs is 1. The molecule has 0 aliphatic carbocycles. The molecule has 0 spiro atoms. The molecule has 0 saturated heterocycles. The van der Waals surface area contributed by atoms with E-state index in [0.717, 1.165) is 12.8 Å². The van der Waals surface area contributed by atoms with Gasteiger partial charge in [0.05, 0.1) is 17.8 Å². The second kappa shape index (κ2) is 13.4. The Morgan fingerprint density at radius 3 is 2.52 bits per heavy atom. The Balaban J connectivity index is 1.69. The first-order valence-electron chi connectivity index (χ1n) is 13.1. The van der Waals surface area contributed by atoms with Crippen molar-refractivity contribution in [3.63, 3.8) is 0 Å². The standard InChI is InChI=1S/C30H33N5O5/c1-2-3-15-32-30(39)28-26(19-9-7-10-20(16-19)33-29(38)23(31)17-36)22-13-8-14-24(27(22)35-28)34-25(37)18-40-21-11-5-4-6-12-21/h4-14,16,23,35-36H,2-3,15,17-18,31H2,1H3,(H,32,39)(H,33,38)(H,34,37). The lowest BCUT2D eigenvalue weighted by molar-refractivity contribution is -0.118. The number of hydrogen-bond acceptors (Lipinski definition) is 6. The summed E-state index contributed by atoms with van der Waals surface area (Å²) in [5, 5.41) is 18.4. The van der Waals surface area contributed by atoms with Crippen molar-refractivity contribution in [2.45, 2.75) is 25.8 Å². The molecule has 1 aromatic heterocycles. The first-order chi connectivity index (χ1) is 19.4. The number of nitrogens with one attached hydrogen (secondary N) is 4. The summed E-state index contributed by atoms with van der Waals surface area (Å²) in [6, 6.07) is 20.4. The Morgan fingerprint density at radius 2 is 1.77 bits per heavy atom. The summed E-state index contributed by atoms with van der Waals surface area (Å²) < 4.78 is 5.57. The van der Waals surface area contributed by atoms with Gasteiger partial charge in [0.1, 0.15) is 17.5 Å². The number of para-hydroxylation sites is 2. The molecule has 4 aromatic rings. The van der Waals surface area contributed by atoms with Gasteiger partial charge in [-0.1, -0.05) is 55.8 Å². The van der Waals surface area contributed by atoms with Crippen LogP contribution in [0.5, 0.6) is 5.75 Å². The average molecular weight is 544 g/mol. The molecule has 0 bridgehead atoms. The number of amides is 3. The van der Waals surface area contributed by atoms with Gasteiger partial charge in [-0.15, -0.1) is 0 Å². The molecule has 3 amide bonds. The lowest BCUT2D eigenvalue weighted by Gasteiger charge is -2.12. The number of aliphatic hydroxyl groups is 1. The number of aliphatic hydroxyl groups excluding tert-OH is 1. The highest BCUT2D eigenvalue weighted by Gasteiger charge is 2.22. The number of aromatic amines is 1. The molecule has 0 aliphatic heterocycles. The number of benzene rings is 3. The zero-order valence-corrected chi connectivity index (χ0v) is 22.2. The Kier molecular flexibility index (Phi) is 9.50. The topological polar surface area (TPSA) is 159 Å². The highest BCUT2D eigenvalue weighted by molar-refractivity contribution is 6.14. The van der Waals surface area contributed by atoms with Crippen LogP contribution in [0.4, 0.5) is 11.4 Å². The minimum atomic E-state index is -1.06. The minimum Gasteiger partial charge on any atom is -0.484 e. The van der Waals surface area contributed by atoms with Gasteiger partial charge in [0, 0.05) is 23.2 Å². The van der Waals surface area contributed by atoms with Crippen molar-refractivity contribution in [3.05, 3.63) is 78.5 Å². The first-order valence-corrected chi connectivity index (χ1v) is 13.1. The van der Waals surface area contributed by atoms with E-state index in [9.17, 15) is 19.5 Å². The second-order valence-corrected chi connectivity index (χ2v) is 9.22.